The molecule has 0 saturated heterocycles. The molecule has 2 N–H and O–H groups in total. The lowest BCUT2D eigenvalue weighted by Gasteiger charge is -2.13. The van der Waals surface area contributed by atoms with Crippen molar-refractivity contribution in [3.05, 3.63) is 34.7 Å². The molecule has 0 spiro atoms. The number of aliphatic carboxylic acids is 1. The highest BCUT2D eigenvalue weighted by Gasteiger charge is 2.21. The van der Waals surface area contributed by atoms with Gasteiger partial charge < -0.3 is 10.4 Å². The summed E-state index contributed by atoms with van der Waals surface area (Å²) in [7, 11) is 1.62. The minimum Gasteiger partial charge on any atom is -0.480 e. The topological polar surface area (TPSA) is 93.3 Å². The molecule has 106 valence electrons. The predicted octanol–water partition coefficient (Wildman–Crippen LogP) is -0.0707. The zero-order chi connectivity index (χ0) is 14.9. The van der Waals surface area contributed by atoms with Crippen LogP contribution in [-0.2, 0) is 23.2 Å². The zero-order valence-corrected chi connectivity index (χ0v) is 11.2. The first-order valence-electron chi connectivity index (χ1n) is 6.06. The van der Waals surface area contributed by atoms with Gasteiger partial charge in [-0.05, 0) is 12.1 Å². The summed E-state index contributed by atoms with van der Waals surface area (Å²) in [4.78, 5) is 34.3. The van der Waals surface area contributed by atoms with Crippen molar-refractivity contribution in [1.82, 2.24) is 14.5 Å². The Morgan fingerprint density at radius 1 is 1.30 bits per heavy atom. The molecular weight excluding hydrogens is 262 g/mol. The van der Waals surface area contributed by atoms with E-state index in [4.69, 9.17) is 5.11 Å². The van der Waals surface area contributed by atoms with Crippen molar-refractivity contribution in [3.63, 3.8) is 0 Å². The second-order valence-electron chi connectivity index (χ2n) is 4.53. The molecule has 0 radical (unpaired) electrons. The van der Waals surface area contributed by atoms with Crippen LogP contribution >= 0.6 is 0 Å². The molecule has 0 bridgehead atoms. The SMILES string of the molecule is CC(=O)NC(Cn1c(=O)n(C)c2ccccc21)C(=O)O. The standard InChI is InChI=1S/C13H15N3O4/c1-8(17)14-9(12(18)19)7-16-11-6-4-3-5-10(11)15(2)13(16)20/h3-6,9H,7H2,1-2H3,(H,14,17)(H,18,19). The van der Waals surface area contributed by atoms with E-state index in [1.807, 2.05) is 0 Å². The number of carboxylic acids is 1. The number of imidazole rings is 1. The Kier molecular flexibility index (Phi) is 3.60. The Morgan fingerprint density at radius 2 is 1.90 bits per heavy atom. The van der Waals surface area contributed by atoms with Crippen LogP contribution in [0.15, 0.2) is 29.1 Å². The lowest BCUT2D eigenvalue weighted by Crippen LogP contribution is -2.44. The molecule has 0 fully saturated rings. The van der Waals surface area contributed by atoms with Gasteiger partial charge in [-0.2, -0.15) is 0 Å². The van der Waals surface area contributed by atoms with Gasteiger partial charge in [0.2, 0.25) is 5.91 Å². The summed E-state index contributed by atoms with van der Waals surface area (Å²) in [6.45, 7) is 1.12. The van der Waals surface area contributed by atoms with Crippen molar-refractivity contribution < 1.29 is 14.7 Å². The molecule has 0 aliphatic rings. The van der Waals surface area contributed by atoms with Crippen LogP contribution in [0.2, 0.25) is 0 Å². The molecular formula is C13H15N3O4. The summed E-state index contributed by atoms with van der Waals surface area (Å²) >= 11 is 0. The molecule has 2 rings (SSSR count). The Labute approximate surface area is 114 Å². The maximum atomic E-state index is 12.2. The van der Waals surface area contributed by atoms with E-state index in [0.29, 0.717) is 11.0 Å². The Morgan fingerprint density at radius 3 is 2.45 bits per heavy atom. The minimum absolute atomic E-state index is 0.116. The number of carbonyl (C=O) groups excluding carboxylic acids is 1. The van der Waals surface area contributed by atoms with Crippen LogP contribution in [0, 0.1) is 0 Å². The molecule has 1 unspecified atom stereocenters. The summed E-state index contributed by atoms with van der Waals surface area (Å²) in [5, 5.41) is 11.4. The summed E-state index contributed by atoms with van der Waals surface area (Å²) in [6, 6.07) is 5.95. The van der Waals surface area contributed by atoms with Gasteiger partial charge in [-0.25, -0.2) is 9.59 Å². The first-order valence-corrected chi connectivity index (χ1v) is 6.06. The number of hydrogen-bond acceptors (Lipinski definition) is 3. The molecule has 1 heterocycles. The molecule has 0 saturated carbocycles. The number of amides is 1. The van der Waals surface area contributed by atoms with E-state index < -0.39 is 17.9 Å². The van der Waals surface area contributed by atoms with Crippen LogP contribution < -0.4 is 11.0 Å². The summed E-state index contributed by atoms with van der Waals surface area (Å²) in [5.74, 6) is -1.63. The van der Waals surface area contributed by atoms with E-state index in [9.17, 15) is 14.4 Å². The number of para-hydroxylation sites is 2. The van der Waals surface area contributed by atoms with E-state index in [-0.39, 0.29) is 12.2 Å². The third kappa shape index (κ3) is 2.42. The van der Waals surface area contributed by atoms with E-state index in [0.717, 1.165) is 0 Å². The highest BCUT2D eigenvalue weighted by molar-refractivity contribution is 5.82. The smallest absolute Gasteiger partial charge is 0.328 e. The van der Waals surface area contributed by atoms with Crippen LogP contribution in [0.3, 0.4) is 0 Å². The van der Waals surface area contributed by atoms with Crippen molar-refractivity contribution in [3.8, 4) is 0 Å². The molecule has 1 amide bonds. The second kappa shape index (κ2) is 5.20. The van der Waals surface area contributed by atoms with Crippen molar-refractivity contribution in [2.45, 2.75) is 19.5 Å². The normalized spacial score (nSPS) is 12.3. The number of nitrogens with zero attached hydrogens (tertiary/aromatic N) is 2. The number of rotatable bonds is 4. The van der Waals surface area contributed by atoms with Crippen LogP contribution in [0.4, 0.5) is 0 Å². The number of benzene rings is 1. The number of carboxylic acid groups (broad SMARTS) is 1. The molecule has 0 aliphatic carbocycles. The van der Waals surface area contributed by atoms with Crippen LogP contribution in [-0.4, -0.2) is 32.2 Å². The van der Waals surface area contributed by atoms with Crippen LogP contribution in [0.5, 0.6) is 0 Å². The molecule has 7 heteroatoms. The number of carbonyl (C=O) groups is 2. The second-order valence-corrected chi connectivity index (χ2v) is 4.53. The molecule has 7 nitrogen and oxygen atoms in total. The van der Waals surface area contributed by atoms with Gasteiger partial charge in [0.15, 0.2) is 0 Å². The summed E-state index contributed by atoms with van der Waals surface area (Å²) < 4.78 is 2.80. The van der Waals surface area contributed by atoms with Gasteiger partial charge in [0.05, 0.1) is 17.6 Å². The molecule has 0 aliphatic heterocycles. The number of aryl methyl sites for hydroxylation is 1. The predicted molar refractivity (Wildman–Crippen MR) is 72.4 cm³/mol. The fraction of sp³-hybridized carbons (Fsp3) is 0.308. The van der Waals surface area contributed by atoms with Gasteiger partial charge >= 0.3 is 11.7 Å². The van der Waals surface area contributed by atoms with Crippen molar-refractivity contribution in [2.24, 2.45) is 7.05 Å². The maximum absolute atomic E-state index is 12.2. The highest BCUT2D eigenvalue weighted by Crippen LogP contribution is 2.11. The Balaban J connectivity index is 2.47. The minimum atomic E-state index is -1.18. The van der Waals surface area contributed by atoms with E-state index >= 15 is 0 Å². The van der Waals surface area contributed by atoms with Gasteiger partial charge in [0, 0.05) is 14.0 Å². The molecule has 2 aromatic rings. The lowest BCUT2D eigenvalue weighted by molar-refractivity contribution is -0.141. The maximum Gasteiger partial charge on any atom is 0.328 e. The third-order valence-corrected chi connectivity index (χ3v) is 3.09. The average molecular weight is 277 g/mol. The highest BCUT2D eigenvalue weighted by atomic mass is 16.4. The van der Waals surface area contributed by atoms with Crippen molar-refractivity contribution >= 4 is 22.9 Å². The summed E-state index contributed by atoms with van der Waals surface area (Å²) in [5.41, 5.74) is 1.03. The van der Waals surface area contributed by atoms with Crippen molar-refractivity contribution in [2.75, 3.05) is 0 Å². The molecule has 20 heavy (non-hydrogen) atoms. The number of aromatic nitrogens is 2. The first kappa shape index (κ1) is 13.9. The van der Waals surface area contributed by atoms with Crippen molar-refractivity contribution in [1.29, 1.82) is 0 Å². The Hall–Kier alpha value is -2.57. The Bertz CT molecular complexity index is 729. The molecule has 1 aromatic carbocycles. The lowest BCUT2D eigenvalue weighted by atomic mass is 10.2. The first-order chi connectivity index (χ1) is 9.41. The number of fused-ring (bicyclic) bond motifs is 1. The zero-order valence-electron chi connectivity index (χ0n) is 11.2. The van der Waals surface area contributed by atoms with Gasteiger partial charge in [-0.15, -0.1) is 0 Å². The van der Waals surface area contributed by atoms with Crippen LogP contribution in [0.1, 0.15) is 6.92 Å². The number of hydrogen-bond donors (Lipinski definition) is 2. The summed E-state index contributed by atoms with van der Waals surface area (Å²) in [6.07, 6.45) is 0. The largest absolute Gasteiger partial charge is 0.480 e. The van der Waals surface area contributed by atoms with E-state index in [2.05, 4.69) is 5.32 Å². The number of nitrogens with one attached hydrogen (secondary N) is 1. The monoisotopic (exact) mass is 277 g/mol. The molecule has 1 atom stereocenters. The fourth-order valence-electron chi connectivity index (χ4n) is 2.15. The third-order valence-electron chi connectivity index (χ3n) is 3.09. The van der Waals surface area contributed by atoms with Gasteiger partial charge in [0.1, 0.15) is 6.04 Å². The average Bonchev–Trinajstić information content (AvgIpc) is 2.63. The van der Waals surface area contributed by atoms with Crippen LogP contribution in [0.25, 0.3) is 11.0 Å². The fourth-order valence-corrected chi connectivity index (χ4v) is 2.15. The van der Waals surface area contributed by atoms with E-state index in [1.165, 1.54) is 16.1 Å². The van der Waals surface area contributed by atoms with E-state index in [1.54, 1.807) is 31.3 Å². The van der Waals surface area contributed by atoms with Gasteiger partial charge in [-0.3, -0.25) is 13.9 Å². The quantitative estimate of drug-likeness (QED) is 0.818. The molecule has 1 aromatic heterocycles. The van der Waals surface area contributed by atoms with Gasteiger partial charge in [-0.1, -0.05) is 12.1 Å². The van der Waals surface area contributed by atoms with Gasteiger partial charge in [0.25, 0.3) is 0 Å².